The van der Waals surface area contributed by atoms with E-state index in [9.17, 15) is 31.7 Å². The zero-order valence-electron chi connectivity index (χ0n) is 13.7. The first-order valence-corrected chi connectivity index (χ1v) is 8.90. The van der Waals surface area contributed by atoms with Gasteiger partial charge in [0.15, 0.2) is 0 Å². The molecule has 1 aromatic carbocycles. The Bertz CT molecular complexity index is 757. The summed E-state index contributed by atoms with van der Waals surface area (Å²) in [5, 5.41) is 10.9. The van der Waals surface area contributed by atoms with Crippen LogP contribution in [0.3, 0.4) is 0 Å². The van der Waals surface area contributed by atoms with Crippen LogP contribution in [0.5, 0.6) is 0 Å². The molecule has 11 heteroatoms. The molecule has 1 aromatic rings. The molecular weight excluding hydrogens is 363 g/mol. The molecule has 1 aliphatic heterocycles. The van der Waals surface area contributed by atoms with Gasteiger partial charge in [-0.25, -0.2) is 8.42 Å². The third-order valence-corrected chi connectivity index (χ3v) is 6.10. The van der Waals surface area contributed by atoms with E-state index in [1.54, 1.807) is 0 Å². The van der Waals surface area contributed by atoms with Crippen molar-refractivity contribution >= 4 is 15.7 Å². The minimum absolute atomic E-state index is 0.148. The molecule has 0 bridgehead atoms. The van der Waals surface area contributed by atoms with Crippen molar-refractivity contribution in [1.82, 2.24) is 9.21 Å². The predicted octanol–water partition coefficient (Wildman–Crippen LogP) is 2.33. The summed E-state index contributed by atoms with van der Waals surface area (Å²) in [4.78, 5) is 11.1. The van der Waals surface area contributed by atoms with Gasteiger partial charge in [-0.05, 0) is 33.0 Å². The average molecular weight is 381 g/mol. The molecule has 0 saturated carbocycles. The van der Waals surface area contributed by atoms with Crippen molar-refractivity contribution in [1.29, 1.82) is 0 Å². The lowest BCUT2D eigenvalue weighted by molar-refractivity contribution is -0.385. The van der Waals surface area contributed by atoms with Crippen molar-refractivity contribution in [2.45, 2.75) is 30.0 Å². The predicted molar refractivity (Wildman–Crippen MR) is 83.6 cm³/mol. The van der Waals surface area contributed by atoms with Gasteiger partial charge in [0.05, 0.1) is 15.4 Å². The fourth-order valence-electron chi connectivity index (χ4n) is 2.75. The summed E-state index contributed by atoms with van der Waals surface area (Å²) >= 11 is 0. The van der Waals surface area contributed by atoms with Gasteiger partial charge >= 0.3 is 6.18 Å². The fourth-order valence-corrected chi connectivity index (χ4v) is 4.28. The number of hydrogen-bond donors (Lipinski definition) is 0. The number of non-ortho nitro benzene ring substituents is 1. The maximum Gasteiger partial charge on any atom is 0.416 e. The van der Waals surface area contributed by atoms with E-state index >= 15 is 0 Å². The first-order valence-electron chi connectivity index (χ1n) is 7.46. The van der Waals surface area contributed by atoms with Gasteiger partial charge in [-0.3, -0.25) is 10.1 Å². The van der Waals surface area contributed by atoms with E-state index in [0.717, 1.165) is 4.31 Å². The van der Waals surface area contributed by atoms with E-state index in [2.05, 4.69) is 0 Å². The van der Waals surface area contributed by atoms with Crippen molar-refractivity contribution in [3.63, 3.8) is 0 Å². The lowest BCUT2D eigenvalue weighted by Gasteiger charge is -2.34. The highest BCUT2D eigenvalue weighted by Crippen LogP contribution is 2.35. The molecule has 0 aliphatic carbocycles. The van der Waals surface area contributed by atoms with E-state index in [1.807, 2.05) is 19.0 Å². The molecule has 140 valence electrons. The van der Waals surface area contributed by atoms with Crippen molar-refractivity contribution in [3.05, 3.63) is 33.9 Å². The first kappa shape index (κ1) is 19.6. The maximum atomic E-state index is 12.9. The number of nitro benzene ring substituents is 1. The smallest absolute Gasteiger partial charge is 0.306 e. The molecule has 1 saturated heterocycles. The van der Waals surface area contributed by atoms with E-state index in [0.29, 0.717) is 31.0 Å². The summed E-state index contributed by atoms with van der Waals surface area (Å²) in [5.41, 5.74) is -2.26. The van der Waals surface area contributed by atoms with Crippen LogP contribution in [0.1, 0.15) is 18.4 Å². The van der Waals surface area contributed by atoms with Crippen molar-refractivity contribution in [2.75, 3.05) is 27.2 Å². The molecule has 7 nitrogen and oxygen atoms in total. The Balaban J connectivity index is 2.39. The van der Waals surface area contributed by atoms with E-state index in [1.165, 1.54) is 0 Å². The van der Waals surface area contributed by atoms with Crippen LogP contribution in [0.15, 0.2) is 23.1 Å². The zero-order valence-corrected chi connectivity index (χ0v) is 14.5. The highest BCUT2D eigenvalue weighted by atomic mass is 32.2. The number of benzene rings is 1. The molecule has 25 heavy (non-hydrogen) atoms. The summed E-state index contributed by atoms with van der Waals surface area (Å²) in [6.07, 6.45) is -3.81. The largest absolute Gasteiger partial charge is 0.416 e. The Hall–Kier alpha value is -1.72. The molecule has 0 atom stereocenters. The van der Waals surface area contributed by atoms with Gasteiger partial charge in [-0.15, -0.1) is 0 Å². The van der Waals surface area contributed by atoms with E-state index < -0.39 is 37.3 Å². The Morgan fingerprint density at radius 3 is 2.20 bits per heavy atom. The van der Waals surface area contributed by atoms with Crippen molar-refractivity contribution in [3.8, 4) is 0 Å². The molecule has 2 rings (SSSR count). The molecule has 0 amide bonds. The van der Waals surface area contributed by atoms with Crippen LogP contribution in [0.2, 0.25) is 0 Å². The van der Waals surface area contributed by atoms with Crippen LogP contribution in [0.4, 0.5) is 18.9 Å². The fraction of sp³-hybridized carbons (Fsp3) is 0.571. The third-order valence-electron chi connectivity index (χ3n) is 4.22. The number of alkyl halides is 3. The molecule has 0 aromatic heterocycles. The SMILES string of the molecule is CN(C)C1CCN(S(=O)(=O)c2cc([N+](=O)[O-])cc(C(F)(F)F)c2)CC1. The van der Waals surface area contributed by atoms with Crippen LogP contribution in [-0.2, 0) is 16.2 Å². The van der Waals surface area contributed by atoms with Gasteiger partial charge in [-0.2, -0.15) is 17.5 Å². The van der Waals surface area contributed by atoms with E-state index in [4.69, 9.17) is 0 Å². The Labute approximate surface area is 143 Å². The minimum Gasteiger partial charge on any atom is -0.306 e. The number of rotatable bonds is 4. The second kappa shape index (κ2) is 6.89. The molecule has 0 spiro atoms. The summed E-state index contributed by atoms with van der Waals surface area (Å²) in [7, 11) is -0.507. The number of hydrogen-bond acceptors (Lipinski definition) is 5. The van der Waals surface area contributed by atoms with Crippen LogP contribution in [0, 0.1) is 10.1 Å². The van der Waals surface area contributed by atoms with Gasteiger partial charge in [0.2, 0.25) is 10.0 Å². The quantitative estimate of drug-likeness (QED) is 0.590. The normalized spacial score (nSPS) is 17.8. The number of nitro groups is 1. The van der Waals surface area contributed by atoms with Crippen LogP contribution in [0.25, 0.3) is 0 Å². The topological polar surface area (TPSA) is 83.8 Å². The summed E-state index contributed by atoms with van der Waals surface area (Å²) in [6.45, 7) is 0.296. The van der Waals surface area contributed by atoms with Crippen molar-refractivity contribution in [2.24, 2.45) is 0 Å². The van der Waals surface area contributed by atoms with Gasteiger partial charge in [0.25, 0.3) is 5.69 Å². The van der Waals surface area contributed by atoms with Gasteiger partial charge in [0.1, 0.15) is 0 Å². The number of sulfonamides is 1. The molecule has 1 fully saturated rings. The summed E-state index contributed by atoms with van der Waals surface area (Å²) in [5.74, 6) is 0. The second-order valence-corrected chi connectivity index (χ2v) is 8.01. The molecule has 0 radical (unpaired) electrons. The summed E-state index contributed by atoms with van der Waals surface area (Å²) < 4.78 is 65.2. The Kier molecular flexibility index (Phi) is 5.40. The lowest BCUT2D eigenvalue weighted by atomic mass is 10.1. The monoisotopic (exact) mass is 381 g/mol. The first-order chi connectivity index (χ1) is 11.4. The Morgan fingerprint density at radius 1 is 1.20 bits per heavy atom. The van der Waals surface area contributed by atoms with Gasteiger partial charge < -0.3 is 4.90 Å². The average Bonchev–Trinajstić information content (AvgIpc) is 2.53. The number of nitrogens with zero attached hydrogens (tertiary/aromatic N) is 3. The maximum absolute atomic E-state index is 12.9. The molecule has 0 N–H and O–H groups in total. The number of halogens is 3. The lowest BCUT2D eigenvalue weighted by Crippen LogP contribution is -2.44. The highest BCUT2D eigenvalue weighted by molar-refractivity contribution is 7.89. The van der Waals surface area contributed by atoms with Crippen LogP contribution < -0.4 is 0 Å². The number of piperidine rings is 1. The molecule has 1 heterocycles. The van der Waals surface area contributed by atoms with Crippen LogP contribution in [-0.4, -0.2) is 55.8 Å². The second-order valence-electron chi connectivity index (χ2n) is 6.07. The minimum atomic E-state index is -4.88. The molecular formula is C14H18F3N3O4S. The third kappa shape index (κ3) is 4.28. The molecule has 0 unspecified atom stereocenters. The summed E-state index contributed by atoms with van der Waals surface area (Å²) in [6, 6.07) is 1.63. The van der Waals surface area contributed by atoms with Gasteiger partial charge in [0, 0.05) is 31.3 Å². The highest BCUT2D eigenvalue weighted by Gasteiger charge is 2.36. The van der Waals surface area contributed by atoms with E-state index in [-0.39, 0.29) is 19.1 Å². The Morgan fingerprint density at radius 2 is 1.76 bits per heavy atom. The zero-order chi connectivity index (χ0) is 19.0. The standard InChI is InChI=1S/C14H18F3N3O4S/c1-18(2)11-3-5-19(6-4-11)25(23,24)13-8-10(14(15,16)17)7-12(9-13)20(21)22/h7-9,11H,3-6H2,1-2H3. The van der Waals surface area contributed by atoms with Gasteiger partial charge in [-0.1, -0.05) is 0 Å². The molecule has 1 aliphatic rings. The van der Waals surface area contributed by atoms with Crippen LogP contribution >= 0.6 is 0 Å². The van der Waals surface area contributed by atoms with Crippen molar-refractivity contribution < 1.29 is 26.5 Å².